The lowest BCUT2D eigenvalue weighted by Crippen LogP contribution is -2.48. The molecule has 2 aliphatic rings. The molecule has 8 heteroatoms. The van der Waals surface area contributed by atoms with Crippen LogP contribution in [0.4, 0.5) is 4.79 Å². The molecule has 0 aromatic rings. The Morgan fingerprint density at radius 3 is 2.32 bits per heavy atom. The highest BCUT2D eigenvalue weighted by Gasteiger charge is 2.48. The summed E-state index contributed by atoms with van der Waals surface area (Å²) in [5.74, 6) is -0.646. The number of hydrogen-bond donors (Lipinski definition) is 2. The molecule has 0 saturated carbocycles. The summed E-state index contributed by atoms with van der Waals surface area (Å²) in [6.45, 7) is 17.3. The molecule has 0 spiro atoms. The monoisotopic (exact) mass is 414 g/mol. The zero-order valence-electron chi connectivity index (χ0n) is 18.7. The summed E-state index contributed by atoms with van der Waals surface area (Å²) < 4.78 is 12.1. The number of aliphatic hydroxyl groups is 1. The van der Waals surface area contributed by atoms with Crippen LogP contribution >= 0.6 is 0 Å². The molecule has 0 radical (unpaired) electrons. The third-order valence-electron chi connectivity index (χ3n) is 6.10. The molecule has 2 fully saturated rings. The molecule has 4 atom stereocenters. The van der Waals surface area contributed by atoms with Crippen LogP contribution in [0.3, 0.4) is 0 Å². The number of carbonyl (C=O) groups is 2. The molecule has 2 heterocycles. The van der Waals surface area contributed by atoms with Gasteiger partial charge in [0.25, 0.3) is 0 Å². The van der Waals surface area contributed by atoms with E-state index in [1.807, 2.05) is 20.8 Å². The minimum absolute atomic E-state index is 0.0474. The molecule has 0 aromatic heterocycles. The van der Waals surface area contributed by atoms with Gasteiger partial charge in [0.1, 0.15) is 5.60 Å². The predicted octanol–water partition coefficient (Wildman–Crippen LogP) is 2.88. The van der Waals surface area contributed by atoms with Crippen LogP contribution in [0.2, 0.25) is 18.1 Å². The van der Waals surface area contributed by atoms with Crippen molar-refractivity contribution in [3.63, 3.8) is 0 Å². The van der Waals surface area contributed by atoms with Crippen molar-refractivity contribution in [3.05, 3.63) is 0 Å². The number of hydrogen-bond acceptors (Lipinski definition) is 5. The van der Waals surface area contributed by atoms with Crippen molar-refractivity contribution >= 4 is 20.3 Å². The van der Waals surface area contributed by atoms with Gasteiger partial charge >= 0.3 is 6.09 Å². The van der Waals surface area contributed by atoms with E-state index < -0.39 is 38.1 Å². The van der Waals surface area contributed by atoms with E-state index in [9.17, 15) is 14.7 Å². The maximum absolute atomic E-state index is 12.8. The second-order valence-corrected chi connectivity index (χ2v) is 15.4. The predicted molar refractivity (Wildman–Crippen MR) is 111 cm³/mol. The van der Waals surface area contributed by atoms with E-state index in [2.05, 4.69) is 39.2 Å². The van der Waals surface area contributed by atoms with Gasteiger partial charge in [0.05, 0.1) is 24.2 Å². The van der Waals surface area contributed by atoms with Crippen LogP contribution in [-0.2, 0) is 14.0 Å². The Morgan fingerprint density at radius 2 is 1.86 bits per heavy atom. The maximum atomic E-state index is 12.8. The average molecular weight is 415 g/mol. The molecule has 0 aliphatic carbocycles. The van der Waals surface area contributed by atoms with Gasteiger partial charge in [0.2, 0.25) is 5.91 Å². The van der Waals surface area contributed by atoms with Crippen LogP contribution in [0, 0.1) is 5.92 Å². The minimum Gasteiger partial charge on any atom is -0.444 e. The van der Waals surface area contributed by atoms with E-state index >= 15 is 0 Å². The second kappa shape index (κ2) is 7.95. The van der Waals surface area contributed by atoms with Crippen molar-refractivity contribution in [2.75, 3.05) is 13.1 Å². The summed E-state index contributed by atoms with van der Waals surface area (Å²) in [7, 11) is -2.03. The van der Waals surface area contributed by atoms with Crippen molar-refractivity contribution in [1.82, 2.24) is 10.2 Å². The second-order valence-electron chi connectivity index (χ2n) is 10.6. The highest BCUT2D eigenvalue weighted by molar-refractivity contribution is 6.74. The molecule has 2 amide bonds. The standard InChI is InChI=1S/C20H38N2O5Si/c1-19(2,3)26-18(25)22-12-13(27-28(7,8)20(4,5)6)11-15(22)16(23)14-9-10-21-17(14)24/h13-16,23H,9-12H2,1-8H3,(H,21,24)/t13-,14+,15+,16-/m1/s1. The van der Waals surface area contributed by atoms with Crippen molar-refractivity contribution in [2.45, 2.75) is 96.4 Å². The number of ether oxygens (including phenoxy) is 1. The molecular formula is C20H38N2O5Si. The molecule has 0 bridgehead atoms. The van der Waals surface area contributed by atoms with Gasteiger partial charge in [0, 0.05) is 13.1 Å². The number of aliphatic hydroxyl groups excluding tert-OH is 1. The number of likely N-dealkylation sites (tertiary alicyclic amines) is 1. The van der Waals surface area contributed by atoms with Crippen LogP contribution in [-0.4, -0.2) is 67.3 Å². The third-order valence-corrected chi connectivity index (χ3v) is 10.6. The largest absolute Gasteiger partial charge is 0.444 e. The lowest BCUT2D eigenvalue weighted by atomic mass is 9.93. The van der Waals surface area contributed by atoms with Crippen molar-refractivity contribution in [2.24, 2.45) is 5.92 Å². The summed E-state index contributed by atoms with van der Waals surface area (Å²) in [5.41, 5.74) is -0.629. The Hall–Kier alpha value is -1.12. The van der Waals surface area contributed by atoms with E-state index in [0.717, 1.165) is 0 Å². The maximum Gasteiger partial charge on any atom is 0.410 e. The van der Waals surface area contributed by atoms with Gasteiger partial charge < -0.3 is 19.6 Å². The lowest BCUT2D eigenvalue weighted by molar-refractivity contribution is -0.126. The molecule has 2 rings (SSSR count). The molecule has 162 valence electrons. The minimum atomic E-state index is -2.03. The first kappa shape index (κ1) is 23.2. The number of carbonyl (C=O) groups excluding carboxylic acids is 2. The third kappa shape index (κ3) is 5.27. The molecular weight excluding hydrogens is 376 g/mol. The Kier molecular flexibility index (Phi) is 6.58. The van der Waals surface area contributed by atoms with Crippen LogP contribution in [0.1, 0.15) is 54.4 Å². The summed E-state index contributed by atoms with van der Waals surface area (Å²) in [5, 5.41) is 13.8. The Bertz CT molecular complexity index is 596. The number of rotatable bonds is 4. The lowest BCUT2D eigenvalue weighted by Gasteiger charge is -2.38. The smallest absolute Gasteiger partial charge is 0.410 e. The molecule has 28 heavy (non-hydrogen) atoms. The number of amides is 2. The molecule has 7 nitrogen and oxygen atoms in total. The van der Waals surface area contributed by atoms with Crippen molar-refractivity contribution < 1.29 is 23.9 Å². The van der Waals surface area contributed by atoms with Crippen molar-refractivity contribution in [1.29, 1.82) is 0 Å². The Morgan fingerprint density at radius 1 is 1.25 bits per heavy atom. The summed E-state index contributed by atoms with van der Waals surface area (Å²) >= 11 is 0. The van der Waals surface area contributed by atoms with E-state index in [4.69, 9.17) is 9.16 Å². The van der Waals surface area contributed by atoms with Crippen LogP contribution in [0.5, 0.6) is 0 Å². The zero-order chi connectivity index (χ0) is 21.5. The van der Waals surface area contributed by atoms with E-state index in [1.165, 1.54) is 0 Å². The molecule has 2 N–H and O–H groups in total. The fourth-order valence-electron chi connectivity index (χ4n) is 3.57. The fraction of sp³-hybridized carbons (Fsp3) is 0.900. The molecule has 2 aliphatic heterocycles. The van der Waals surface area contributed by atoms with Crippen LogP contribution in [0.15, 0.2) is 0 Å². The first-order chi connectivity index (χ1) is 12.6. The van der Waals surface area contributed by atoms with Gasteiger partial charge in [-0.05, 0) is 51.7 Å². The van der Waals surface area contributed by atoms with Gasteiger partial charge in [-0.25, -0.2) is 4.79 Å². The van der Waals surface area contributed by atoms with Gasteiger partial charge in [0.15, 0.2) is 8.32 Å². The summed E-state index contributed by atoms with van der Waals surface area (Å²) in [4.78, 5) is 26.5. The fourth-order valence-corrected chi connectivity index (χ4v) is 4.92. The molecule has 0 unspecified atom stereocenters. The average Bonchev–Trinajstić information content (AvgIpc) is 3.09. The molecule has 0 aromatic carbocycles. The zero-order valence-corrected chi connectivity index (χ0v) is 19.7. The normalized spacial score (nSPS) is 27.7. The Balaban J connectivity index is 2.21. The van der Waals surface area contributed by atoms with Crippen LogP contribution in [0.25, 0.3) is 0 Å². The van der Waals surface area contributed by atoms with Crippen molar-refractivity contribution in [3.8, 4) is 0 Å². The topological polar surface area (TPSA) is 88.1 Å². The van der Waals surface area contributed by atoms with Gasteiger partial charge in [-0.15, -0.1) is 0 Å². The highest BCUT2D eigenvalue weighted by Crippen LogP contribution is 2.40. The van der Waals surface area contributed by atoms with Gasteiger partial charge in [-0.3, -0.25) is 9.69 Å². The van der Waals surface area contributed by atoms with E-state index in [1.54, 1.807) is 4.90 Å². The first-order valence-electron chi connectivity index (χ1n) is 10.3. The molecule has 2 saturated heterocycles. The highest BCUT2D eigenvalue weighted by atomic mass is 28.4. The van der Waals surface area contributed by atoms with Gasteiger partial charge in [-0.1, -0.05) is 20.8 Å². The Labute approximate surface area is 170 Å². The van der Waals surface area contributed by atoms with E-state index in [-0.39, 0.29) is 17.0 Å². The first-order valence-corrected chi connectivity index (χ1v) is 13.2. The summed E-state index contributed by atoms with van der Waals surface area (Å²) in [6, 6.07) is -0.488. The number of nitrogens with one attached hydrogen (secondary N) is 1. The number of nitrogens with zero attached hydrogens (tertiary/aromatic N) is 1. The van der Waals surface area contributed by atoms with Crippen LogP contribution < -0.4 is 5.32 Å². The summed E-state index contributed by atoms with van der Waals surface area (Å²) in [6.07, 6.45) is -0.472. The quantitative estimate of drug-likeness (QED) is 0.691. The van der Waals surface area contributed by atoms with E-state index in [0.29, 0.717) is 25.9 Å². The van der Waals surface area contributed by atoms with Gasteiger partial charge in [-0.2, -0.15) is 0 Å². The SMILES string of the molecule is CC(C)(C)OC(=O)N1C[C@H](O[Si](C)(C)C(C)(C)C)C[C@H]1[C@H](O)[C@@H]1CCNC1=O.